The third kappa shape index (κ3) is 4.21. The highest BCUT2D eigenvalue weighted by molar-refractivity contribution is 5.78. The fraction of sp³-hybridized carbons (Fsp3) is 0.533. The highest BCUT2D eigenvalue weighted by Crippen LogP contribution is 2.20. The molecule has 20 heavy (non-hydrogen) atoms. The number of nitrogens with zero attached hydrogens (tertiary/aromatic N) is 1. The molecule has 0 aliphatic carbocycles. The topological polar surface area (TPSA) is 78.6 Å². The zero-order valence-electron chi connectivity index (χ0n) is 11.7. The number of phenolic OH excluding ortho intramolecular Hbond substituents is 1. The molecule has 0 aromatic heterocycles. The van der Waals surface area contributed by atoms with Crippen LogP contribution >= 0.6 is 0 Å². The van der Waals surface area contributed by atoms with Gasteiger partial charge in [-0.1, -0.05) is 12.1 Å². The van der Waals surface area contributed by atoms with Crippen molar-refractivity contribution in [3.05, 3.63) is 29.8 Å². The van der Waals surface area contributed by atoms with Crippen LogP contribution in [0.1, 0.15) is 18.4 Å². The summed E-state index contributed by atoms with van der Waals surface area (Å²) >= 11 is 0. The number of hydrogen-bond donors (Lipinski definition) is 3. The van der Waals surface area contributed by atoms with Crippen molar-refractivity contribution in [3.8, 4) is 5.75 Å². The highest BCUT2D eigenvalue weighted by Gasteiger charge is 2.25. The van der Waals surface area contributed by atoms with E-state index < -0.39 is 0 Å². The number of carbonyl (C=O) groups is 1. The molecule has 1 atom stereocenters. The summed E-state index contributed by atoms with van der Waals surface area (Å²) in [6, 6.07) is 7.29. The summed E-state index contributed by atoms with van der Waals surface area (Å²) in [5.41, 5.74) is 6.48. The van der Waals surface area contributed by atoms with Gasteiger partial charge in [-0.2, -0.15) is 0 Å². The van der Waals surface area contributed by atoms with Crippen LogP contribution in [0.2, 0.25) is 0 Å². The van der Waals surface area contributed by atoms with Crippen molar-refractivity contribution in [2.75, 3.05) is 26.2 Å². The first-order chi connectivity index (χ1) is 9.69. The molecule has 5 nitrogen and oxygen atoms in total. The van der Waals surface area contributed by atoms with Gasteiger partial charge in [0.25, 0.3) is 0 Å². The minimum absolute atomic E-state index is 0.0487. The van der Waals surface area contributed by atoms with Crippen molar-refractivity contribution >= 4 is 5.91 Å². The Hall–Kier alpha value is -1.59. The van der Waals surface area contributed by atoms with Gasteiger partial charge in [0.05, 0.1) is 5.92 Å². The molecule has 4 N–H and O–H groups in total. The van der Waals surface area contributed by atoms with Gasteiger partial charge in [0, 0.05) is 26.2 Å². The lowest BCUT2D eigenvalue weighted by Gasteiger charge is -2.32. The third-order valence-corrected chi connectivity index (χ3v) is 3.64. The molecule has 1 saturated heterocycles. The zero-order chi connectivity index (χ0) is 14.4. The van der Waals surface area contributed by atoms with E-state index >= 15 is 0 Å². The summed E-state index contributed by atoms with van der Waals surface area (Å²) in [6.07, 6.45) is 1.96. The molecule has 1 amide bonds. The number of phenols is 1. The molecule has 2 rings (SSSR count). The molecule has 1 unspecified atom stereocenters. The van der Waals surface area contributed by atoms with Crippen LogP contribution in [0, 0.1) is 5.92 Å². The monoisotopic (exact) mass is 277 g/mol. The standard InChI is InChI=1S/C15H23N3O2/c16-6-7-17-15(20)13-4-2-8-18(11-13)10-12-3-1-5-14(19)9-12/h1,3,5,9,13,19H,2,4,6-8,10-11,16H2,(H,17,20). The van der Waals surface area contributed by atoms with Crippen LogP contribution in [0.15, 0.2) is 24.3 Å². The SMILES string of the molecule is NCCNC(=O)C1CCCN(Cc2cccc(O)c2)C1. The molecule has 1 aliphatic rings. The van der Waals surface area contributed by atoms with Crippen molar-refractivity contribution in [1.29, 1.82) is 0 Å². The maximum Gasteiger partial charge on any atom is 0.224 e. The second-order valence-corrected chi connectivity index (χ2v) is 5.32. The van der Waals surface area contributed by atoms with Gasteiger partial charge in [0.2, 0.25) is 5.91 Å². The number of hydrogen-bond acceptors (Lipinski definition) is 4. The number of nitrogens with one attached hydrogen (secondary N) is 1. The van der Waals surface area contributed by atoms with E-state index in [1.54, 1.807) is 12.1 Å². The average molecular weight is 277 g/mol. The molecule has 0 spiro atoms. The van der Waals surface area contributed by atoms with Gasteiger partial charge < -0.3 is 16.2 Å². The van der Waals surface area contributed by atoms with Crippen molar-refractivity contribution in [2.45, 2.75) is 19.4 Å². The van der Waals surface area contributed by atoms with E-state index in [-0.39, 0.29) is 17.6 Å². The predicted octanol–water partition coefficient (Wildman–Crippen LogP) is 0.679. The van der Waals surface area contributed by atoms with E-state index in [0.29, 0.717) is 13.1 Å². The second-order valence-electron chi connectivity index (χ2n) is 5.32. The first-order valence-electron chi connectivity index (χ1n) is 7.17. The Morgan fingerprint density at radius 2 is 2.35 bits per heavy atom. The number of rotatable bonds is 5. The van der Waals surface area contributed by atoms with E-state index in [0.717, 1.165) is 38.0 Å². The number of carbonyl (C=O) groups excluding carboxylic acids is 1. The minimum atomic E-state index is 0.0487. The van der Waals surface area contributed by atoms with Crippen LogP contribution in [0.3, 0.4) is 0 Å². The normalized spacial score (nSPS) is 19.8. The Bertz CT molecular complexity index is 450. The highest BCUT2D eigenvalue weighted by atomic mass is 16.3. The molecule has 0 bridgehead atoms. The third-order valence-electron chi connectivity index (χ3n) is 3.64. The Morgan fingerprint density at radius 3 is 3.10 bits per heavy atom. The second kappa shape index (κ2) is 7.26. The number of nitrogens with two attached hydrogens (primary N) is 1. The molecule has 1 aromatic carbocycles. The lowest BCUT2D eigenvalue weighted by atomic mass is 9.96. The van der Waals surface area contributed by atoms with Crippen LogP contribution in [0.25, 0.3) is 0 Å². The predicted molar refractivity (Wildman–Crippen MR) is 78.2 cm³/mol. The zero-order valence-corrected chi connectivity index (χ0v) is 11.7. The van der Waals surface area contributed by atoms with Crippen molar-refractivity contribution in [2.24, 2.45) is 11.7 Å². The van der Waals surface area contributed by atoms with Crippen LogP contribution in [0.4, 0.5) is 0 Å². The number of likely N-dealkylation sites (tertiary alicyclic amines) is 1. The maximum atomic E-state index is 12.0. The van der Waals surface area contributed by atoms with Gasteiger partial charge in [-0.3, -0.25) is 9.69 Å². The van der Waals surface area contributed by atoms with Crippen LogP contribution in [0.5, 0.6) is 5.75 Å². The van der Waals surface area contributed by atoms with Crippen molar-refractivity contribution in [1.82, 2.24) is 10.2 Å². The van der Waals surface area contributed by atoms with Crippen LogP contribution in [-0.2, 0) is 11.3 Å². The lowest BCUT2D eigenvalue weighted by Crippen LogP contribution is -2.43. The van der Waals surface area contributed by atoms with Crippen molar-refractivity contribution in [3.63, 3.8) is 0 Å². The van der Waals surface area contributed by atoms with Crippen LogP contribution < -0.4 is 11.1 Å². The van der Waals surface area contributed by atoms with Crippen LogP contribution in [-0.4, -0.2) is 42.1 Å². The first kappa shape index (κ1) is 14.8. The molecule has 5 heteroatoms. The van der Waals surface area contributed by atoms with E-state index in [1.165, 1.54) is 0 Å². The summed E-state index contributed by atoms with van der Waals surface area (Å²) < 4.78 is 0. The van der Waals surface area contributed by atoms with Gasteiger partial charge in [-0.25, -0.2) is 0 Å². The summed E-state index contributed by atoms with van der Waals surface area (Å²) in [5.74, 6) is 0.445. The van der Waals surface area contributed by atoms with E-state index in [1.807, 2.05) is 12.1 Å². The number of benzene rings is 1. The van der Waals surface area contributed by atoms with E-state index in [4.69, 9.17) is 5.73 Å². The fourth-order valence-electron chi connectivity index (χ4n) is 2.67. The largest absolute Gasteiger partial charge is 0.508 e. The molecule has 110 valence electrons. The molecule has 1 heterocycles. The molecule has 1 fully saturated rings. The summed E-state index contributed by atoms with van der Waals surface area (Å²) in [4.78, 5) is 14.2. The molecular formula is C15H23N3O2. The molecule has 1 aromatic rings. The Kier molecular flexibility index (Phi) is 5.38. The van der Waals surface area contributed by atoms with Gasteiger partial charge in [0.15, 0.2) is 0 Å². The minimum Gasteiger partial charge on any atom is -0.508 e. The first-order valence-corrected chi connectivity index (χ1v) is 7.17. The summed E-state index contributed by atoms with van der Waals surface area (Å²) in [6.45, 7) is 3.56. The van der Waals surface area contributed by atoms with Gasteiger partial charge in [0.1, 0.15) is 5.75 Å². The molecule has 0 saturated carbocycles. The maximum absolute atomic E-state index is 12.0. The van der Waals surface area contributed by atoms with Gasteiger partial charge in [-0.05, 0) is 37.1 Å². The fourth-order valence-corrected chi connectivity index (χ4v) is 2.67. The Balaban J connectivity index is 1.88. The van der Waals surface area contributed by atoms with E-state index in [9.17, 15) is 9.90 Å². The molecular weight excluding hydrogens is 254 g/mol. The smallest absolute Gasteiger partial charge is 0.224 e. The molecule has 0 radical (unpaired) electrons. The summed E-state index contributed by atoms with van der Waals surface area (Å²) in [7, 11) is 0. The molecule has 1 aliphatic heterocycles. The van der Waals surface area contributed by atoms with Gasteiger partial charge in [-0.15, -0.1) is 0 Å². The average Bonchev–Trinajstić information content (AvgIpc) is 2.45. The van der Waals surface area contributed by atoms with Gasteiger partial charge >= 0.3 is 0 Å². The number of amides is 1. The Labute approximate surface area is 119 Å². The quantitative estimate of drug-likeness (QED) is 0.739. The Morgan fingerprint density at radius 1 is 1.50 bits per heavy atom. The number of piperidine rings is 1. The lowest BCUT2D eigenvalue weighted by molar-refractivity contribution is -0.126. The van der Waals surface area contributed by atoms with E-state index in [2.05, 4.69) is 10.2 Å². The summed E-state index contributed by atoms with van der Waals surface area (Å²) in [5, 5.41) is 12.4. The number of aromatic hydroxyl groups is 1. The van der Waals surface area contributed by atoms with Crippen molar-refractivity contribution < 1.29 is 9.90 Å².